The smallest absolute Gasteiger partial charge is 0.387 e. The first-order chi connectivity index (χ1) is 9.92. The third-order valence-corrected chi connectivity index (χ3v) is 2.45. The van der Waals surface area contributed by atoms with Crippen LogP contribution in [0.1, 0.15) is 6.42 Å². The lowest BCUT2D eigenvalue weighted by Gasteiger charge is -2.10. The zero-order chi connectivity index (χ0) is 15.8. The lowest BCUT2D eigenvalue weighted by molar-refractivity contribution is -0.126. The number of alkyl halides is 2. The molecule has 5 nitrogen and oxygen atoms in total. The van der Waals surface area contributed by atoms with Crippen molar-refractivity contribution >= 4 is 29.1 Å². The van der Waals surface area contributed by atoms with Crippen molar-refractivity contribution in [2.75, 3.05) is 11.9 Å². The van der Waals surface area contributed by atoms with Crippen LogP contribution < -0.4 is 15.4 Å². The van der Waals surface area contributed by atoms with Crippen molar-refractivity contribution in [3.8, 4) is 18.1 Å². The summed E-state index contributed by atoms with van der Waals surface area (Å²) >= 11 is 5.66. The second-order valence-corrected chi connectivity index (χ2v) is 4.14. The maximum atomic E-state index is 12.1. The Bertz CT molecular complexity index is 573. The van der Waals surface area contributed by atoms with Gasteiger partial charge in [0.2, 0.25) is 11.8 Å². The van der Waals surface area contributed by atoms with Crippen LogP contribution in [0.25, 0.3) is 0 Å². The predicted octanol–water partition coefficient (Wildman–Crippen LogP) is 2.02. The number of carbonyl (C=O) groups is 2. The van der Waals surface area contributed by atoms with E-state index in [-0.39, 0.29) is 23.0 Å². The highest BCUT2D eigenvalue weighted by atomic mass is 35.5. The fraction of sp³-hybridized carbons (Fsp3) is 0.231. The van der Waals surface area contributed by atoms with Crippen LogP contribution in [0.15, 0.2) is 18.2 Å². The number of halogens is 3. The fourth-order valence-corrected chi connectivity index (χ4v) is 1.49. The summed E-state index contributed by atoms with van der Waals surface area (Å²) in [6.07, 6.45) is 4.50. The molecule has 0 atom stereocenters. The highest BCUT2D eigenvalue weighted by Crippen LogP contribution is 2.29. The van der Waals surface area contributed by atoms with Gasteiger partial charge in [0, 0.05) is 11.8 Å². The quantitative estimate of drug-likeness (QED) is 0.623. The Morgan fingerprint density at radius 1 is 1.38 bits per heavy atom. The molecule has 0 saturated heterocycles. The Kier molecular flexibility index (Phi) is 6.43. The van der Waals surface area contributed by atoms with Crippen LogP contribution in [0.4, 0.5) is 14.5 Å². The van der Waals surface area contributed by atoms with Gasteiger partial charge in [0.1, 0.15) is 12.2 Å². The van der Waals surface area contributed by atoms with Crippen LogP contribution in [0, 0.1) is 12.3 Å². The third kappa shape index (κ3) is 6.10. The summed E-state index contributed by atoms with van der Waals surface area (Å²) in [5.41, 5.74) is 0.171. The zero-order valence-corrected chi connectivity index (χ0v) is 11.4. The van der Waals surface area contributed by atoms with E-state index in [1.165, 1.54) is 12.1 Å². The summed E-state index contributed by atoms with van der Waals surface area (Å²) in [4.78, 5) is 22.8. The minimum Gasteiger partial charge on any atom is -0.433 e. The van der Waals surface area contributed by atoms with Crippen LogP contribution >= 0.6 is 11.6 Å². The summed E-state index contributed by atoms with van der Waals surface area (Å²) in [7, 11) is 0. The van der Waals surface area contributed by atoms with Gasteiger partial charge in [-0.1, -0.05) is 17.5 Å². The van der Waals surface area contributed by atoms with Crippen molar-refractivity contribution in [1.29, 1.82) is 0 Å². The van der Waals surface area contributed by atoms with Gasteiger partial charge < -0.3 is 15.4 Å². The average Bonchev–Trinajstić information content (AvgIpc) is 2.39. The molecule has 0 aliphatic rings. The van der Waals surface area contributed by atoms with E-state index in [4.69, 9.17) is 18.0 Å². The van der Waals surface area contributed by atoms with E-state index in [1.807, 2.05) is 0 Å². The van der Waals surface area contributed by atoms with E-state index in [0.29, 0.717) is 0 Å². The standard InChI is InChI=1S/C13H11ClF2N2O3/c1-2-5-17-11(19)7-12(20)18-8-3-4-9(14)10(6-8)21-13(15)16/h1,3-4,6,13H,5,7H2,(H,17,19)(H,18,20). The lowest BCUT2D eigenvalue weighted by Crippen LogP contribution is -2.28. The number of ether oxygens (including phenoxy) is 1. The minimum atomic E-state index is -3.04. The average molecular weight is 317 g/mol. The first-order valence-corrected chi connectivity index (χ1v) is 6.04. The molecule has 112 valence electrons. The Morgan fingerprint density at radius 3 is 2.71 bits per heavy atom. The Morgan fingerprint density at radius 2 is 2.10 bits per heavy atom. The summed E-state index contributed by atoms with van der Waals surface area (Å²) < 4.78 is 28.5. The van der Waals surface area contributed by atoms with E-state index in [2.05, 4.69) is 21.3 Å². The molecule has 1 rings (SSSR count). The number of amides is 2. The normalized spacial score (nSPS) is 9.86. The van der Waals surface area contributed by atoms with Crippen LogP contribution in [0.3, 0.4) is 0 Å². The summed E-state index contributed by atoms with van der Waals surface area (Å²) in [6.45, 7) is -3.03. The van der Waals surface area contributed by atoms with E-state index in [9.17, 15) is 18.4 Å². The highest BCUT2D eigenvalue weighted by Gasteiger charge is 2.12. The van der Waals surface area contributed by atoms with Crippen molar-refractivity contribution in [2.24, 2.45) is 0 Å². The van der Waals surface area contributed by atoms with E-state index in [1.54, 1.807) is 0 Å². The number of hydrogen-bond donors (Lipinski definition) is 2. The van der Waals surface area contributed by atoms with Gasteiger partial charge in [0.15, 0.2) is 0 Å². The molecule has 0 spiro atoms. The Labute approximate surface area is 124 Å². The van der Waals surface area contributed by atoms with Gasteiger partial charge in [-0.3, -0.25) is 9.59 Å². The number of anilines is 1. The van der Waals surface area contributed by atoms with Gasteiger partial charge in [0.05, 0.1) is 11.6 Å². The second-order valence-electron chi connectivity index (χ2n) is 3.73. The topological polar surface area (TPSA) is 67.4 Å². The molecule has 0 saturated carbocycles. The van der Waals surface area contributed by atoms with Crippen molar-refractivity contribution in [3.63, 3.8) is 0 Å². The van der Waals surface area contributed by atoms with Crippen LogP contribution in [0.5, 0.6) is 5.75 Å². The van der Waals surface area contributed by atoms with Crippen LogP contribution in [-0.4, -0.2) is 25.0 Å². The molecule has 0 aliphatic carbocycles. The Balaban J connectivity index is 2.64. The number of carbonyl (C=O) groups excluding carboxylic acids is 2. The molecule has 1 aromatic carbocycles. The van der Waals surface area contributed by atoms with Crippen molar-refractivity contribution in [1.82, 2.24) is 5.32 Å². The maximum Gasteiger partial charge on any atom is 0.387 e. The predicted molar refractivity (Wildman–Crippen MR) is 73.2 cm³/mol. The molecule has 0 fully saturated rings. The van der Waals surface area contributed by atoms with Gasteiger partial charge in [-0.2, -0.15) is 8.78 Å². The van der Waals surface area contributed by atoms with Crippen molar-refractivity contribution in [3.05, 3.63) is 23.2 Å². The molecular formula is C13H11ClF2N2O3. The van der Waals surface area contributed by atoms with Crippen LogP contribution in [0.2, 0.25) is 5.02 Å². The molecule has 1 aromatic rings. The number of terminal acetylenes is 1. The summed E-state index contributed by atoms with van der Waals surface area (Å²) in [6, 6.07) is 3.80. The van der Waals surface area contributed by atoms with Crippen LogP contribution in [-0.2, 0) is 9.59 Å². The minimum absolute atomic E-state index is 0.0133. The molecule has 2 amide bonds. The first-order valence-electron chi connectivity index (χ1n) is 5.66. The number of benzene rings is 1. The molecule has 0 aliphatic heterocycles. The largest absolute Gasteiger partial charge is 0.433 e. The fourth-order valence-electron chi connectivity index (χ4n) is 1.33. The molecule has 0 bridgehead atoms. The molecule has 2 N–H and O–H groups in total. The first kappa shape index (κ1) is 16.7. The number of nitrogens with one attached hydrogen (secondary N) is 2. The zero-order valence-electron chi connectivity index (χ0n) is 10.7. The highest BCUT2D eigenvalue weighted by molar-refractivity contribution is 6.32. The SMILES string of the molecule is C#CCNC(=O)CC(=O)Nc1ccc(Cl)c(OC(F)F)c1. The lowest BCUT2D eigenvalue weighted by atomic mass is 10.3. The summed E-state index contributed by atoms with van der Waals surface area (Å²) in [5, 5.41) is 4.64. The van der Waals surface area contributed by atoms with E-state index in [0.717, 1.165) is 6.07 Å². The van der Waals surface area contributed by atoms with Crippen molar-refractivity contribution < 1.29 is 23.1 Å². The number of hydrogen-bond acceptors (Lipinski definition) is 3. The molecule has 21 heavy (non-hydrogen) atoms. The molecule has 0 radical (unpaired) electrons. The van der Waals surface area contributed by atoms with Gasteiger partial charge in [-0.05, 0) is 12.1 Å². The van der Waals surface area contributed by atoms with Gasteiger partial charge in [0.25, 0.3) is 0 Å². The van der Waals surface area contributed by atoms with Crippen molar-refractivity contribution in [2.45, 2.75) is 13.0 Å². The molecule has 8 heteroatoms. The van der Waals surface area contributed by atoms with E-state index >= 15 is 0 Å². The van der Waals surface area contributed by atoms with E-state index < -0.39 is 24.8 Å². The van der Waals surface area contributed by atoms with Gasteiger partial charge >= 0.3 is 6.61 Å². The monoisotopic (exact) mass is 316 g/mol. The van der Waals surface area contributed by atoms with Gasteiger partial charge in [-0.15, -0.1) is 6.42 Å². The molecule has 0 heterocycles. The molecule has 0 unspecified atom stereocenters. The van der Waals surface area contributed by atoms with Gasteiger partial charge in [-0.25, -0.2) is 0 Å². The molecular weight excluding hydrogens is 306 g/mol. The Hall–Kier alpha value is -2.33. The second kappa shape index (κ2) is 8.07. The number of rotatable bonds is 6. The maximum absolute atomic E-state index is 12.1. The third-order valence-electron chi connectivity index (χ3n) is 2.14. The summed E-state index contributed by atoms with van der Waals surface area (Å²) in [5.74, 6) is 0.729. The molecule has 0 aromatic heterocycles.